The van der Waals surface area contributed by atoms with Crippen LogP contribution < -0.4 is 10.6 Å². The minimum atomic E-state index is -1.36. The average Bonchev–Trinajstić information content (AvgIpc) is 3.67. The fraction of sp³-hybridized carbons (Fsp3) is 0.657. The maximum atomic E-state index is 13.9. The van der Waals surface area contributed by atoms with Gasteiger partial charge in [0, 0.05) is 13.1 Å². The molecule has 0 radical (unpaired) electrons. The summed E-state index contributed by atoms with van der Waals surface area (Å²) < 4.78 is 16.3. The number of benzene rings is 1. The third kappa shape index (κ3) is 11.2. The van der Waals surface area contributed by atoms with E-state index in [0.29, 0.717) is 32.2 Å². The molecule has 0 spiro atoms. The van der Waals surface area contributed by atoms with E-state index in [1.807, 2.05) is 6.07 Å². The van der Waals surface area contributed by atoms with Gasteiger partial charge in [-0.3, -0.25) is 14.4 Å². The van der Waals surface area contributed by atoms with Crippen LogP contribution in [0.15, 0.2) is 30.3 Å². The van der Waals surface area contributed by atoms with Crippen molar-refractivity contribution < 1.29 is 43.0 Å². The molecule has 0 aromatic heterocycles. The van der Waals surface area contributed by atoms with Crippen LogP contribution in [0.3, 0.4) is 0 Å². The molecule has 2 aliphatic heterocycles. The van der Waals surface area contributed by atoms with Crippen molar-refractivity contribution in [2.75, 3.05) is 13.1 Å². The molecule has 48 heavy (non-hydrogen) atoms. The molecule has 2 aliphatic rings. The van der Waals surface area contributed by atoms with E-state index in [2.05, 4.69) is 10.6 Å². The summed E-state index contributed by atoms with van der Waals surface area (Å²) in [7, 11) is 0. The number of amides is 4. The Labute approximate surface area is 283 Å². The minimum Gasteiger partial charge on any atom is -0.459 e. The Morgan fingerprint density at radius 3 is 1.96 bits per heavy atom. The van der Waals surface area contributed by atoms with Crippen LogP contribution in [0.2, 0.25) is 0 Å². The molecule has 0 bridgehead atoms. The van der Waals surface area contributed by atoms with Crippen LogP contribution in [-0.4, -0.2) is 94.0 Å². The Balaban J connectivity index is 1.72. The van der Waals surface area contributed by atoms with Crippen LogP contribution in [0.25, 0.3) is 0 Å². The van der Waals surface area contributed by atoms with Gasteiger partial charge in [0.15, 0.2) is 0 Å². The van der Waals surface area contributed by atoms with E-state index in [-0.39, 0.29) is 25.0 Å². The van der Waals surface area contributed by atoms with Gasteiger partial charge in [-0.1, -0.05) is 44.2 Å². The quantitative estimate of drug-likeness (QED) is 0.265. The molecule has 266 valence electrons. The molecule has 2 saturated heterocycles. The molecule has 0 aliphatic carbocycles. The van der Waals surface area contributed by atoms with Gasteiger partial charge in [0.1, 0.15) is 42.0 Å². The maximum absolute atomic E-state index is 13.9. The van der Waals surface area contributed by atoms with Gasteiger partial charge in [-0.25, -0.2) is 14.4 Å². The molecular formula is C35H52N4O9. The Morgan fingerprint density at radius 2 is 1.38 bits per heavy atom. The fourth-order valence-electron chi connectivity index (χ4n) is 5.69. The first-order chi connectivity index (χ1) is 22.4. The second-order valence-corrected chi connectivity index (χ2v) is 14.7. The van der Waals surface area contributed by atoms with E-state index in [0.717, 1.165) is 5.56 Å². The first-order valence-corrected chi connectivity index (χ1v) is 16.7. The predicted molar refractivity (Wildman–Crippen MR) is 176 cm³/mol. The van der Waals surface area contributed by atoms with Crippen LogP contribution in [0.4, 0.5) is 4.79 Å². The van der Waals surface area contributed by atoms with E-state index < -0.39 is 71.6 Å². The molecule has 3 rings (SSSR count). The van der Waals surface area contributed by atoms with Crippen molar-refractivity contribution in [2.45, 2.75) is 129 Å². The Bertz CT molecular complexity index is 1320. The third-order valence-corrected chi connectivity index (χ3v) is 7.90. The standard InChI is InChI=1S/C35H52N4O9/c1-22(2)28(32(44)47-34(3,4)5)37-29(41)25-16-12-19-39(25)30(42)26-17-13-18-38(26)27(40)20-24(36-33(45)48-35(6,7)8)31(43)46-21-23-14-10-9-11-15-23/h9-11,14-15,22,24-26,28H,12-13,16-21H2,1-8H3,(H,36,45)(H,37,41)/t24-,25+,26-,28-/m0/s1. The monoisotopic (exact) mass is 672 g/mol. The van der Waals surface area contributed by atoms with Crippen molar-refractivity contribution in [3.63, 3.8) is 0 Å². The summed E-state index contributed by atoms with van der Waals surface area (Å²) in [5.41, 5.74) is -0.851. The highest BCUT2D eigenvalue weighted by molar-refractivity contribution is 5.95. The highest BCUT2D eigenvalue weighted by Crippen LogP contribution is 2.26. The molecule has 4 amide bonds. The number of carbonyl (C=O) groups is 6. The molecule has 1 aromatic carbocycles. The van der Waals surface area contributed by atoms with Crippen LogP contribution in [-0.2, 0) is 44.8 Å². The normalized spacial score (nSPS) is 19.4. The number of esters is 2. The lowest BCUT2D eigenvalue weighted by atomic mass is 10.0. The molecule has 2 heterocycles. The summed E-state index contributed by atoms with van der Waals surface area (Å²) in [4.78, 5) is 82.6. The predicted octanol–water partition coefficient (Wildman–Crippen LogP) is 3.48. The van der Waals surface area contributed by atoms with Gasteiger partial charge in [0.25, 0.3) is 0 Å². The summed E-state index contributed by atoms with van der Waals surface area (Å²) in [5.74, 6) is -2.97. The number of likely N-dealkylation sites (tertiary alicyclic amines) is 2. The number of nitrogens with zero attached hydrogens (tertiary/aromatic N) is 2. The van der Waals surface area contributed by atoms with Gasteiger partial charge in [0.05, 0.1) is 6.42 Å². The van der Waals surface area contributed by atoms with E-state index in [9.17, 15) is 28.8 Å². The lowest BCUT2D eigenvalue weighted by molar-refractivity contribution is -0.160. The van der Waals surface area contributed by atoms with E-state index in [1.165, 1.54) is 9.80 Å². The smallest absolute Gasteiger partial charge is 0.408 e. The van der Waals surface area contributed by atoms with Gasteiger partial charge in [-0.05, 0) is 78.7 Å². The molecule has 2 N–H and O–H groups in total. The number of alkyl carbamates (subject to hydrolysis) is 1. The van der Waals surface area contributed by atoms with Crippen molar-refractivity contribution in [3.05, 3.63) is 35.9 Å². The zero-order chi connectivity index (χ0) is 35.8. The second kappa shape index (κ2) is 16.3. The number of hydrogen-bond donors (Lipinski definition) is 2. The summed E-state index contributed by atoms with van der Waals surface area (Å²) in [6, 6.07) is 5.07. The topological polar surface area (TPSA) is 161 Å². The summed E-state index contributed by atoms with van der Waals surface area (Å²) in [5, 5.41) is 5.26. The summed E-state index contributed by atoms with van der Waals surface area (Å²) >= 11 is 0. The maximum Gasteiger partial charge on any atom is 0.408 e. The fourth-order valence-corrected chi connectivity index (χ4v) is 5.69. The lowest BCUT2D eigenvalue weighted by Crippen LogP contribution is -2.56. The zero-order valence-electron chi connectivity index (χ0n) is 29.5. The van der Waals surface area contributed by atoms with Crippen LogP contribution >= 0.6 is 0 Å². The van der Waals surface area contributed by atoms with Gasteiger partial charge in [-0.15, -0.1) is 0 Å². The number of hydrogen-bond acceptors (Lipinski definition) is 9. The van der Waals surface area contributed by atoms with Crippen molar-refractivity contribution in [1.82, 2.24) is 20.4 Å². The van der Waals surface area contributed by atoms with E-state index >= 15 is 0 Å². The number of ether oxygens (including phenoxy) is 3. The zero-order valence-corrected chi connectivity index (χ0v) is 29.5. The largest absolute Gasteiger partial charge is 0.459 e. The number of nitrogens with one attached hydrogen (secondary N) is 2. The molecule has 13 nitrogen and oxygen atoms in total. The number of carbonyl (C=O) groups excluding carboxylic acids is 6. The molecule has 13 heteroatoms. The van der Waals surface area contributed by atoms with Crippen molar-refractivity contribution >= 4 is 35.8 Å². The molecular weight excluding hydrogens is 620 g/mol. The Morgan fingerprint density at radius 1 is 0.792 bits per heavy atom. The molecule has 4 atom stereocenters. The third-order valence-electron chi connectivity index (χ3n) is 7.90. The van der Waals surface area contributed by atoms with E-state index in [4.69, 9.17) is 14.2 Å². The lowest BCUT2D eigenvalue weighted by Gasteiger charge is -2.33. The van der Waals surface area contributed by atoms with Crippen molar-refractivity contribution in [1.29, 1.82) is 0 Å². The first kappa shape index (κ1) is 38.3. The minimum absolute atomic E-state index is 0.0603. The summed E-state index contributed by atoms with van der Waals surface area (Å²) in [6.07, 6.45) is 0.578. The first-order valence-electron chi connectivity index (χ1n) is 16.7. The Kier molecular flexibility index (Phi) is 13.0. The van der Waals surface area contributed by atoms with Gasteiger partial charge >= 0.3 is 18.0 Å². The highest BCUT2D eigenvalue weighted by Gasteiger charge is 2.44. The second-order valence-electron chi connectivity index (χ2n) is 14.7. The van der Waals surface area contributed by atoms with Gasteiger partial charge < -0.3 is 34.6 Å². The highest BCUT2D eigenvalue weighted by atomic mass is 16.6. The van der Waals surface area contributed by atoms with Crippen molar-refractivity contribution in [2.24, 2.45) is 5.92 Å². The van der Waals surface area contributed by atoms with Crippen LogP contribution in [0.5, 0.6) is 0 Å². The molecule has 2 fully saturated rings. The molecule has 1 aromatic rings. The van der Waals surface area contributed by atoms with Crippen LogP contribution in [0, 0.1) is 5.92 Å². The van der Waals surface area contributed by atoms with Gasteiger partial charge in [-0.2, -0.15) is 0 Å². The SMILES string of the molecule is CC(C)[C@H](NC(=O)[C@H]1CCCN1C(=O)[C@@H]1CCCN1C(=O)C[C@H](NC(=O)OC(C)(C)C)C(=O)OCc1ccccc1)C(=O)OC(C)(C)C. The summed E-state index contributed by atoms with van der Waals surface area (Å²) in [6.45, 7) is 14.4. The number of rotatable bonds is 11. The van der Waals surface area contributed by atoms with Crippen LogP contribution in [0.1, 0.15) is 93.1 Å². The average molecular weight is 673 g/mol. The molecule has 0 unspecified atom stereocenters. The van der Waals surface area contributed by atoms with Gasteiger partial charge in [0.2, 0.25) is 17.7 Å². The van der Waals surface area contributed by atoms with E-state index in [1.54, 1.807) is 79.7 Å². The Hall–Kier alpha value is -4.16. The molecule has 0 saturated carbocycles. The van der Waals surface area contributed by atoms with Crippen molar-refractivity contribution in [3.8, 4) is 0 Å².